The van der Waals surface area contributed by atoms with Gasteiger partial charge in [0, 0.05) is 25.6 Å². The minimum Gasteiger partial charge on any atom is -0.339 e. The molecule has 2 saturated heterocycles. The molecule has 2 amide bonds. The number of carbonyl (C=O) groups excluding carboxylic acids is 2. The Morgan fingerprint density at radius 2 is 2.14 bits per heavy atom. The van der Waals surface area contributed by atoms with E-state index in [1.54, 1.807) is 11.3 Å². The second kappa shape index (κ2) is 5.13. The summed E-state index contributed by atoms with van der Waals surface area (Å²) >= 11 is 1.69. The maximum absolute atomic E-state index is 12.8. The summed E-state index contributed by atoms with van der Waals surface area (Å²) in [7, 11) is 0. The first-order valence-electron chi connectivity index (χ1n) is 7.86. The Kier molecular flexibility index (Phi) is 3.25. The molecule has 0 spiro atoms. The van der Waals surface area contributed by atoms with Crippen molar-refractivity contribution in [2.45, 2.75) is 44.2 Å². The van der Waals surface area contributed by atoms with Gasteiger partial charge in [-0.15, -0.1) is 0 Å². The monoisotopic (exact) mass is 304 g/mol. The van der Waals surface area contributed by atoms with E-state index in [2.05, 4.69) is 16.8 Å². The van der Waals surface area contributed by atoms with Gasteiger partial charge in [0.05, 0.1) is 12.0 Å². The molecule has 2 atom stereocenters. The highest BCUT2D eigenvalue weighted by Gasteiger charge is 2.44. The van der Waals surface area contributed by atoms with Gasteiger partial charge in [-0.2, -0.15) is 11.3 Å². The van der Waals surface area contributed by atoms with Crippen molar-refractivity contribution in [2.75, 3.05) is 13.1 Å². The molecule has 3 fully saturated rings. The van der Waals surface area contributed by atoms with Crippen molar-refractivity contribution < 1.29 is 9.59 Å². The number of nitrogens with zero attached hydrogens (tertiary/aromatic N) is 2. The molecule has 0 bridgehead atoms. The SMILES string of the molecule is O=C1C[C@H](C(=O)N2CCC[C@H]2c2ccsc2)CN1C1CC1. The highest BCUT2D eigenvalue weighted by Crippen LogP contribution is 2.37. The molecule has 0 unspecified atom stereocenters. The van der Waals surface area contributed by atoms with Crippen LogP contribution in [0.3, 0.4) is 0 Å². The molecule has 3 heterocycles. The summed E-state index contributed by atoms with van der Waals surface area (Å²) in [5.74, 6) is 0.264. The third kappa shape index (κ3) is 2.37. The van der Waals surface area contributed by atoms with Crippen molar-refractivity contribution >= 4 is 23.2 Å². The molecule has 4 rings (SSSR count). The Morgan fingerprint density at radius 3 is 2.86 bits per heavy atom. The minimum atomic E-state index is -0.114. The zero-order chi connectivity index (χ0) is 14.4. The van der Waals surface area contributed by atoms with Crippen molar-refractivity contribution in [3.8, 4) is 0 Å². The van der Waals surface area contributed by atoms with Crippen LogP contribution in [0.25, 0.3) is 0 Å². The summed E-state index contributed by atoms with van der Waals surface area (Å²) in [5, 5.41) is 4.22. The number of amides is 2. The lowest BCUT2D eigenvalue weighted by Crippen LogP contribution is -2.37. The molecular weight excluding hydrogens is 284 g/mol. The summed E-state index contributed by atoms with van der Waals surface area (Å²) in [6.45, 7) is 1.49. The van der Waals surface area contributed by atoms with Gasteiger partial charge in [0.2, 0.25) is 11.8 Å². The van der Waals surface area contributed by atoms with Crippen LogP contribution < -0.4 is 0 Å². The molecule has 3 aliphatic rings. The molecule has 1 saturated carbocycles. The van der Waals surface area contributed by atoms with Gasteiger partial charge in [0.25, 0.3) is 0 Å². The average molecular weight is 304 g/mol. The zero-order valence-electron chi connectivity index (χ0n) is 12.0. The molecular formula is C16H20N2O2S. The molecule has 1 aromatic heterocycles. The van der Waals surface area contributed by atoms with Crippen LogP contribution in [0, 0.1) is 5.92 Å². The molecule has 112 valence electrons. The van der Waals surface area contributed by atoms with Crippen molar-refractivity contribution in [1.82, 2.24) is 9.80 Å². The summed E-state index contributed by atoms with van der Waals surface area (Å²) in [6, 6.07) is 2.78. The van der Waals surface area contributed by atoms with E-state index in [0.717, 1.165) is 32.2 Å². The standard InChI is InChI=1S/C16H20N2O2S/c19-15-8-12(9-18(15)13-3-4-13)16(20)17-6-1-2-14(17)11-5-7-21-10-11/h5,7,10,12-14H,1-4,6,8-9H2/t12-,14-/m0/s1. The molecule has 21 heavy (non-hydrogen) atoms. The van der Waals surface area contributed by atoms with Crippen LogP contribution in [0.5, 0.6) is 0 Å². The van der Waals surface area contributed by atoms with Crippen LogP contribution in [-0.2, 0) is 9.59 Å². The molecule has 0 N–H and O–H groups in total. The van der Waals surface area contributed by atoms with Gasteiger partial charge in [-0.1, -0.05) is 0 Å². The quantitative estimate of drug-likeness (QED) is 0.860. The predicted octanol–water partition coefficient (Wildman–Crippen LogP) is 2.42. The molecule has 1 aliphatic carbocycles. The van der Waals surface area contributed by atoms with E-state index in [-0.39, 0.29) is 23.8 Å². The van der Waals surface area contributed by atoms with E-state index >= 15 is 0 Å². The predicted molar refractivity (Wildman–Crippen MR) is 80.8 cm³/mol. The van der Waals surface area contributed by atoms with Crippen LogP contribution in [-0.4, -0.2) is 40.7 Å². The largest absolute Gasteiger partial charge is 0.339 e. The Hall–Kier alpha value is -1.36. The summed E-state index contributed by atoms with van der Waals surface area (Å²) < 4.78 is 0. The number of hydrogen-bond donors (Lipinski definition) is 0. The summed E-state index contributed by atoms with van der Waals surface area (Å²) in [4.78, 5) is 28.9. The van der Waals surface area contributed by atoms with E-state index in [4.69, 9.17) is 0 Å². The Balaban J connectivity index is 1.48. The van der Waals surface area contributed by atoms with E-state index < -0.39 is 0 Å². The number of likely N-dealkylation sites (tertiary alicyclic amines) is 2. The Bertz CT molecular complexity index is 553. The topological polar surface area (TPSA) is 40.6 Å². The average Bonchev–Trinajstić information content (AvgIpc) is 2.94. The lowest BCUT2D eigenvalue weighted by atomic mass is 10.0. The third-order valence-corrected chi connectivity index (χ3v) is 5.66. The van der Waals surface area contributed by atoms with Gasteiger partial charge in [-0.25, -0.2) is 0 Å². The first-order valence-corrected chi connectivity index (χ1v) is 8.80. The maximum Gasteiger partial charge on any atom is 0.228 e. The Labute approximate surface area is 128 Å². The summed E-state index contributed by atoms with van der Waals surface area (Å²) in [6.07, 6.45) is 4.78. The van der Waals surface area contributed by atoms with Gasteiger partial charge in [-0.05, 0) is 48.1 Å². The molecule has 0 aromatic carbocycles. The number of carbonyl (C=O) groups is 2. The van der Waals surface area contributed by atoms with E-state index in [9.17, 15) is 9.59 Å². The van der Waals surface area contributed by atoms with Crippen LogP contribution in [0.2, 0.25) is 0 Å². The van der Waals surface area contributed by atoms with Crippen molar-refractivity contribution in [1.29, 1.82) is 0 Å². The van der Waals surface area contributed by atoms with Crippen molar-refractivity contribution in [2.24, 2.45) is 5.92 Å². The fraction of sp³-hybridized carbons (Fsp3) is 0.625. The number of rotatable bonds is 3. The fourth-order valence-corrected chi connectivity index (χ4v) is 4.42. The normalized spacial score (nSPS) is 29.4. The first-order chi connectivity index (χ1) is 10.2. The second-order valence-corrected chi connectivity index (χ2v) is 7.20. The molecule has 4 nitrogen and oxygen atoms in total. The molecule has 1 aromatic rings. The molecule has 0 radical (unpaired) electrons. The van der Waals surface area contributed by atoms with Crippen LogP contribution >= 0.6 is 11.3 Å². The number of thiophene rings is 1. The van der Waals surface area contributed by atoms with Gasteiger partial charge in [0.15, 0.2) is 0 Å². The third-order valence-electron chi connectivity index (χ3n) is 4.96. The lowest BCUT2D eigenvalue weighted by Gasteiger charge is -2.27. The highest BCUT2D eigenvalue weighted by atomic mass is 32.1. The van der Waals surface area contributed by atoms with Gasteiger partial charge >= 0.3 is 0 Å². The second-order valence-electron chi connectivity index (χ2n) is 6.42. The summed E-state index contributed by atoms with van der Waals surface area (Å²) in [5.41, 5.74) is 1.26. The smallest absolute Gasteiger partial charge is 0.228 e. The van der Waals surface area contributed by atoms with E-state index in [1.807, 2.05) is 9.80 Å². The Morgan fingerprint density at radius 1 is 1.29 bits per heavy atom. The van der Waals surface area contributed by atoms with Crippen molar-refractivity contribution in [3.05, 3.63) is 22.4 Å². The molecule has 2 aliphatic heterocycles. The van der Waals surface area contributed by atoms with E-state index in [0.29, 0.717) is 19.0 Å². The highest BCUT2D eigenvalue weighted by molar-refractivity contribution is 7.07. The van der Waals surface area contributed by atoms with Crippen LogP contribution in [0.1, 0.15) is 43.7 Å². The fourth-order valence-electron chi connectivity index (χ4n) is 3.71. The van der Waals surface area contributed by atoms with Gasteiger partial charge in [-0.3, -0.25) is 9.59 Å². The maximum atomic E-state index is 12.8. The minimum absolute atomic E-state index is 0.114. The van der Waals surface area contributed by atoms with Gasteiger partial charge in [0.1, 0.15) is 0 Å². The first kappa shape index (κ1) is 13.3. The lowest BCUT2D eigenvalue weighted by molar-refractivity contribution is -0.136. The molecule has 5 heteroatoms. The van der Waals surface area contributed by atoms with E-state index in [1.165, 1.54) is 5.56 Å². The van der Waals surface area contributed by atoms with Gasteiger partial charge < -0.3 is 9.80 Å². The van der Waals surface area contributed by atoms with Crippen LogP contribution in [0.15, 0.2) is 16.8 Å². The zero-order valence-corrected chi connectivity index (χ0v) is 12.8. The van der Waals surface area contributed by atoms with Crippen molar-refractivity contribution in [3.63, 3.8) is 0 Å². The van der Waals surface area contributed by atoms with Crippen LogP contribution in [0.4, 0.5) is 0 Å². The number of hydrogen-bond acceptors (Lipinski definition) is 3.